The predicted octanol–water partition coefficient (Wildman–Crippen LogP) is -0.516. The zero-order chi connectivity index (χ0) is 17.7. The second-order valence-corrected chi connectivity index (χ2v) is 6.32. The molecule has 0 aliphatic carbocycles. The van der Waals surface area contributed by atoms with Crippen molar-refractivity contribution in [2.24, 2.45) is 0 Å². The van der Waals surface area contributed by atoms with Crippen LogP contribution in [0.25, 0.3) is 0 Å². The molecule has 0 aromatic heterocycles. The number of hydrogen-bond donors (Lipinski definition) is 3. The molecular formula is C14H20O9S. The number of methoxy groups -OCH3 is 1. The largest absolute Gasteiger partial charge is 0.397 e. The maximum atomic E-state index is 10.6. The summed E-state index contributed by atoms with van der Waals surface area (Å²) in [6, 6.07) is 9.17. The van der Waals surface area contributed by atoms with E-state index in [4.69, 9.17) is 18.8 Å². The van der Waals surface area contributed by atoms with E-state index in [1.54, 1.807) is 0 Å². The molecular weight excluding hydrogens is 344 g/mol. The number of ether oxygens (including phenoxy) is 3. The fourth-order valence-electron chi connectivity index (χ4n) is 2.33. The Bertz CT molecular complexity index is 604. The Kier molecular flexibility index (Phi) is 6.66. The van der Waals surface area contributed by atoms with Crippen molar-refractivity contribution in [2.75, 3.05) is 13.7 Å². The maximum Gasteiger partial charge on any atom is 0.397 e. The first-order valence-corrected chi connectivity index (χ1v) is 8.50. The van der Waals surface area contributed by atoms with E-state index in [-0.39, 0.29) is 6.61 Å². The highest BCUT2D eigenvalue weighted by atomic mass is 32.3. The molecule has 0 bridgehead atoms. The molecule has 1 aliphatic rings. The van der Waals surface area contributed by atoms with Gasteiger partial charge in [0.25, 0.3) is 0 Å². The zero-order valence-corrected chi connectivity index (χ0v) is 13.7. The summed E-state index contributed by atoms with van der Waals surface area (Å²) in [5.74, 6) is 0. The summed E-state index contributed by atoms with van der Waals surface area (Å²) in [6.07, 6.45) is -6.15. The Balaban J connectivity index is 2.00. The smallest absolute Gasteiger partial charge is 0.387 e. The highest BCUT2D eigenvalue weighted by Gasteiger charge is 2.46. The summed E-state index contributed by atoms with van der Waals surface area (Å²) in [5.41, 5.74) is 0.853. The van der Waals surface area contributed by atoms with Crippen LogP contribution in [0.4, 0.5) is 0 Å². The molecule has 136 valence electrons. The van der Waals surface area contributed by atoms with Crippen molar-refractivity contribution in [2.45, 2.75) is 37.3 Å². The predicted molar refractivity (Wildman–Crippen MR) is 80.2 cm³/mol. The average molecular weight is 364 g/mol. The van der Waals surface area contributed by atoms with Gasteiger partial charge in [-0.05, 0) is 5.56 Å². The Morgan fingerprint density at radius 1 is 1.17 bits per heavy atom. The lowest BCUT2D eigenvalue weighted by Gasteiger charge is -2.41. The number of hydrogen-bond acceptors (Lipinski definition) is 8. The van der Waals surface area contributed by atoms with Crippen molar-refractivity contribution in [3.63, 3.8) is 0 Å². The molecule has 1 aromatic rings. The summed E-state index contributed by atoms with van der Waals surface area (Å²) in [6.45, 7) is -0.521. The fraction of sp³-hybridized carbons (Fsp3) is 0.571. The van der Waals surface area contributed by atoms with Crippen LogP contribution in [0.3, 0.4) is 0 Å². The van der Waals surface area contributed by atoms with Crippen LogP contribution in [0, 0.1) is 0 Å². The molecule has 1 heterocycles. The number of rotatable bonds is 7. The number of aliphatic hydroxyl groups is 2. The maximum absolute atomic E-state index is 10.6. The Hall–Kier alpha value is -1.11. The fourth-order valence-corrected chi connectivity index (χ4v) is 2.64. The highest BCUT2D eigenvalue weighted by Crippen LogP contribution is 2.25. The molecule has 1 saturated heterocycles. The van der Waals surface area contributed by atoms with E-state index in [0.29, 0.717) is 0 Å². The van der Waals surface area contributed by atoms with E-state index in [2.05, 4.69) is 4.18 Å². The normalized spacial score (nSPS) is 31.1. The molecule has 5 atom stereocenters. The van der Waals surface area contributed by atoms with Gasteiger partial charge in [-0.1, -0.05) is 30.3 Å². The van der Waals surface area contributed by atoms with Gasteiger partial charge in [0.1, 0.15) is 24.4 Å². The lowest BCUT2D eigenvalue weighted by Crippen LogP contribution is -2.60. The molecule has 1 aromatic carbocycles. The first-order chi connectivity index (χ1) is 11.3. The SMILES string of the molecule is CO[C@H]1O[C@H](COS(=O)(=O)O)[C@@H](O)[C@H](O)[C@H]1OCc1ccccc1. The molecule has 1 aliphatic heterocycles. The molecule has 0 spiro atoms. The number of aliphatic hydroxyl groups excluding tert-OH is 2. The van der Waals surface area contributed by atoms with Crippen LogP contribution in [0.5, 0.6) is 0 Å². The second-order valence-electron chi connectivity index (χ2n) is 5.23. The van der Waals surface area contributed by atoms with Gasteiger partial charge in [-0.25, -0.2) is 4.18 Å². The van der Waals surface area contributed by atoms with Crippen LogP contribution < -0.4 is 0 Å². The van der Waals surface area contributed by atoms with Crippen LogP contribution >= 0.6 is 0 Å². The van der Waals surface area contributed by atoms with Gasteiger partial charge in [-0.2, -0.15) is 8.42 Å². The van der Waals surface area contributed by atoms with Crippen LogP contribution in [0.1, 0.15) is 5.56 Å². The van der Waals surface area contributed by atoms with Crippen molar-refractivity contribution in [1.29, 1.82) is 0 Å². The van der Waals surface area contributed by atoms with Crippen molar-refractivity contribution in [3.8, 4) is 0 Å². The highest BCUT2D eigenvalue weighted by molar-refractivity contribution is 7.80. The third kappa shape index (κ3) is 5.19. The van der Waals surface area contributed by atoms with Gasteiger partial charge in [-0.15, -0.1) is 0 Å². The van der Waals surface area contributed by atoms with Crippen molar-refractivity contribution >= 4 is 10.4 Å². The second kappa shape index (κ2) is 8.32. The van der Waals surface area contributed by atoms with E-state index >= 15 is 0 Å². The van der Waals surface area contributed by atoms with Crippen molar-refractivity contribution in [3.05, 3.63) is 35.9 Å². The summed E-state index contributed by atoms with van der Waals surface area (Å²) >= 11 is 0. The van der Waals surface area contributed by atoms with Gasteiger partial charge >= 0.3 is 10.4 Å². The summed E-state index contributed by atoms with van der Waals surface area (Å²) in [7, 11) is -3.38. The minimum Gasteiger partial charge on any atom is -0.387 e. The summed E-state index contributed by atoms with van der Waals surface area (Å²) in [4.78, 5) is 0. The van der Waals surface area contributed by atoms with Crippen LogP contribution in [0.2, 0.25) is 0 Å². The van der Waals surface area contributed by atoms with Crippen LogP contribution in [-0.2, 0) is 35.4 Å². The van der Waals surface area contributed by atoms with Crippen molar-refractivity contribution < 1.29 is 41.6 Å². The van der Waals surface area contributed by atoms with Crippen molar-refractivity contribution in [1.82, 2.24) is 0 Å². The Labute approximate surface area is 139 Å². The first-order valence-electron chi connectivity index (χ1n) is 7.13. The molecule has 0 saturated carbocycles. The molecule has 24 heavy (non-hydrogen) atoms. The molecule has 0 amide bonds. The summed E-state index contributed by atoms with van der Waals surface area (Å²) < 4.78 is 50.0. The summed E-state index contributed by atoms with van der Waals surface area (Å²) in [5, 5.41) is 20.3. The minimum atomic E-state index is -4.69. The van der Waals surface area contributed by atoms with E-state index < -0.39 is 47.7 Å². The lowest BCUT2D eigenvalue weighted by molar-refractivity contribution is -0.304. The topological polar surface area (TPSA) is 132 Å². The molecule has 2 rings (SSSR count). The van der Waals surface area contributed by atoms with E-state index in [9.17, 15) is 18.6 Å². The van der Waals surface area contributed by atoms with Gasteiger partial charge in [0, 0.05) is 7.11 Å². The lowest BCUT2D eigenvalue weighted by atomic mass is 9.99. The van der Waals surface area contributed by atoms with Crippen LogP contribution in [0.15, 0.2) is 30.3 Å². The van der Waals surface area contributed by atoms with E-state index in [1.807, 2.05) is 30.3 Å². The molecule has 9 nitrogen and oxygen atoms in total. The monoisotopic (exact) mass is 364 g/mol. The molecule has 1 fully saturated rings. The zero-order valence-electron chi connectivity index (χ0n) is 12.9. The van der Waals surface area contributed by atoms with Gasteiger partial charge in [0.15, 0.2) is 6.29 Å². The minimum absolute atomic E-state index is 0.157. The van der Waals surface area contributed by atoms with Gasteiger partial charge < -0.3 is 24.4 Å². The van der Waals surface area contributed by atoms with Gasteiger partial charge in [0.05, 0.1) is 13.2 Å². The van der Waals surface area contributed by atoms with E-state index in [0.717, 1.165) is 5.56 Å². The van der Waals surface area contributed by atoms with Gasteiger partial charge in [0.2, 0.25) is 0 Å². The molecule has 3 N–H and O–H groups in total. The van der Waals surface area contributed by atoms with Crippen LogP contribution in [-0.4, -0.2) is 67.6 Å². The Morgan fingerprint density at radius 2 is 1.83 bits per heavy atom. The average Bonchev–Trinajstić information content (AvgIpc) is 2.55. The Morgan fingerprint density at radius 3 is 2.42 bits per heavy atom. The quantitative estimate of drug-likeness (QED) is 0.547. The standard InChI is InChI=1S/C14H20O9S/c1-20-14-13(21-7-9-5-3-2-4-6-9)12(16)11(15)10(23-14)8-22-24(17,18)19/h2-6,10-16H,7-8H2,1H3,(H,17,18,19)/t10-,11-,12+,13-,14+/m1/s1. The molecule has 10 heteroatoms. The van der Waals surface area contributed by atoms with E-state index in [1.165, 1.54) is 7.11 Å². The molecule has 0 radical (unpaired) electrons. The molecule has 0 unspecified atom stereocenters. The first kappa shape index (κ1) is 19.2. The third-order valence-corrected chi connectivity index (χ3v) is 3.98. The van der Waals surface area contributed by atoms with Gasteiger partial charge in [-0.3, -0.25) is 4.55 Å². The number of benzene rings is 1. The third-order valence-electron chi connectivity index (χ3n) is 3.54.